The van der Waals surface area contributed by atoms with Crippen molar-refractivity contribution in [2.75, 3.05) is 16.8 Å². The maximum absolute atomic E-state index is 12.6. The van der Waals surface area contributed by atoms with E-state index in [-0.39, 0.29) is 24.7 Å². The fraction of sp³-hybridized carbons (Fsp3) is 0.238. The molecule has 29 heavy (non-hydrogen) atoms. The van der Waals surface area contributed by atoms with Gasteiger partial charge < -0.3 is 15.3 Å². The smallest absolute Gasteiger partial charge is 0.307 e. The van der Waals surface area contributed by atoms with Gasteiger partial charge in [0.15, 0.2) is 0 Å². The van der Waals surface area contributed by atoms with Gasteiger partial charge >= 0.3 is 5.97 Å². The highest BCUT2D eigenvalue weighted by atomic mass is 32.1. The minimum Gasteiger partial charge on any atom is -0.481 e. The van der Waals surface area contributed by atoms with Gasteiger partial charge in [-0.15, -0.1) is 11.3 Å². The van der Waals surface area contributed by atoms with E-state index in [0.717, 1.165) is 20.9 Å². The first-order valence-electron chi connectivity index (χ1n) is 9.18. The van der Waals surface area contributed by atoms with Gasteiger partial charge in [-0.1, -0.05) is 12.1 Å². The van der Waals surface area contributed by atoms with Crippen molar-refractivity contribution in [2.45, 2.75) is 19.8 Å². The lowest BCUT2D eigenvalue weighted by Crippen LogP contribution is -2.28. The van der Waals surface area contributed by atoms with E-state index in [2.05, 4.69) is 10.3 Å². The van der Waals surface area contributed by atoms with Crippen LogP contribution in [0, 0.1) is 12.8 Å². The number of carboxylic acid groups (broad SMARTS) is 1. The molecule has 0 bridgehead atoms. The molecule has 0 spiro atoms. The van der Waals surface area contributed by atoms with Crippen LogP contribution in [-0.2, 0) is 20.8 Å². The number of nitrogens with one attached hydrogen (secondary N) is 1. The summed E-state index contributed by atoms with van der Waals surface area (Å²) in [4.78, 5) is 42.0. The van der Waals surface area contributed by atoms with Crippen molar-refractivity contribution in [3.05, 3.63) is 53.0 Å². The Bertz CT molecular complexity index is 1110. The number of anilines is 2. The van der Waals surface area contributed by atoms with Crippen LogP contribution < -0.4 is 10.2 Å². The molecule has 0 aliphatic carbocycles. The number of thiazole rings is 1. The van der Waals surface area contributed by atoms with E-state index < -0.39 is 11.9 Å². The van der Waals surface area contributed by atoms with Crippen LogP contribution in [0.3, 0.4) is 0 Å². The molecule has 3 aromatic rings. The molecule has 0 saturated carbocycles. The number of carbonyl (C=O) groups is 3. The maximum Gasteiger partial charge on any atom is 0.307 e. The Kier molecular flexibility index (Phi) is 5.02. The minimum atomic E-state index is -0.905. The molecule has 2 aromatic carbocycles. The number of aliphatic carboxylic acids is 1. The number of carboxylic acids is 1. The average molecular weight is 409 g/mol. The highest BCUT2D eigenvalue weighted by Gasteiger charge is 2.35. The van der Waals surface area contributed by atoms with Gasteiger partial charge in [-0.3, -0.25) is 14.4 Å². The highest BCUT2D eigenvalue weighted by Crippen LogP contribution is 2.30. The molecule has 7 nitrogen and oxygen atoms in total. The molecular formula is C21H19N3O4S. The number of aryl methyl sites for hydroxylation is 1. The molecule has 1 atom stereocenters. The van der Waals surface area contributed by atoms with Gasteiger partial charge in [0.1, 0.15) is 0 Å². The number of rotatable bonds is 5. The first kappa shape index (κ1) is 19.1. The molecule has 1 aliphatic rings. The first-order valence-corrected chi connectivity index (χ1v) is 10.00. The van der Waals surface area contributed by atoms with Crippen LogP contribution in [0.1, 0.15) is 17.0 Å². The summed E-state index contributed by atoms with van der Waals surface area (Å²) in [6.07, 6.45) is 0.0836. The summed E-state index contributed by atoms with van der Waals surface area (Å²) in [5, 5.41) is 12.6. The van der Waals surface area contributed by atoms with Crippen molar-refractivity contribution in [3.63, 3.8) is 0 Å². The Hall–Kier alpha value is -3.26. The molecule has 0 radical (unpaired) electrons. The maximum atomic E-state index is 12.6. The van der Waals surface area contributed by atoms with Crippen molar-refractivity contribution in [2.24, 2.45) is 5.92 Å². The summed E-state index contributed by atoms with van der Waals surface area (Å²) in [6.45, 7) is 2.26. The third-order valence-electron chi connectivity index (χ3n) is 4.86. The molecule has 8 heteroatoms. The Morgan fingerprint density at radius 1 is 1.24 bits per heavy atom. The Morgan fingerprint density at radius 3 is 2.72 bits per heavy atom. The van der Waals surface area contributed by atoms with Crippen LogP contribution in [0.25, 0.3) is 10.2 Å². The van der Waals surface area contributed by atoms with Crippen LogP contribution in [0.2, 0.25) is 0 Å². The van der Waals surface area contributed by atoms with E-state index in [0.29, 0.717) is 17.8 Å². The topological polar surface area (TPSA) is 99.6 Å². The summed E-state index contributed by atoms with van der Waals surface area (Å²) < 4.78 is 1.07. The largest absolute Gasteiger partial charge is 0.481 e. The van der Waals surface area contributed by atoms with Gasteiger partial charge in [0.25, 0.3) is 0 Å². The lowest BCUT2D eigenvalue weighted by atomic mass is 10.1. The van der Waals surface area contributed by atoms with E-state index in [4.69, 9.17) is 5.11 Å². The molecule has 2 heterocycles. The molecule has 1 saturated heterocycles. The van der Waals surface area contributed by atoms with Crippen LogP contribution in [0.15, 0.2) is 42.5 Å². The number of fused-ring (bicyclic) bond motifs is 1. The molecule has 1 aliphatic heterocycles. The van der Waals surface area contributed by atoms with Crippen molar-refractivity contribution >= 4 is 50.7 Å². The molecule has 1 fully saturated rings. The number of carbonyl (C=O) groups excluding carboxylic acids is 2. The molecule has 2 N–H and O–H groups in total. The monoisotopic (exact) mass is 409 g/mol. The molecule has 2 amide bonds. The molecule has 1 aromatic heterocycles. The zero-order valence-corrected chi connectivity index (χ0v) is 16.5. The van der Waals surface area contributed by atoms with Gasteiger partial charge in [0.05, 0.1) is 27.6 Å². The van der Waals surface area contributed by atoms with Crippen LogP contribution in [0.4, 0.5) is 11.4 Å². The van der Waals surface area contributed by atoms with Gasteiger partial charge in [-0.2, -0.15) is 0 Å². The van der Waals surface area contributed by atoms with Crippen LogP contribution >= 0.6 is 11.3 Å². The molecule has 4 rings (SSSR count). The third-order valence-corrected chi connectivity index (χ3v) is 5.81. The number of hydrogen-bond donors (Lipinski definition) is 2. The zero-order chi connectivity index (χ0) is 20.5. The number of benzene rings is 2. The third kappa shape index (κ3) is 4.12. The van der Waals surface area contributed by atoms with Gasteiger partial charge in [-0.05, 0) is 42.8 Å². The van der Waals surface area contributed by atoms with Gasteiger partial charge in [0.2, 0.25) is 11.8 Å². The van der Waals surface area contributed by atoms with Crippen LogP contribution in [0.5, 0.6) is 0 Å². The zero-order valence-electron chi connectivity index (χ0n) is 15.7. The Balaban J connectivity index is 1.43. The standard InChI is InChI=1S/C21H19N3O4S/c1-12-22-17-10-16(6-7-18(17)29-12)24-11-14(9-19(24)25)21(28)23-15-4-2-13(3-5-15)8-20(26)27/h2-7,10,14H,8-9,11H2,1H3,(H,23,28)(H,26,27). The second kappa shape index (κ2) is 7.63. The number of hydrogen-bond acceptors (Lipinski definition) is 5. The van der Waals surface area contributed by atoms with Gasteiger partial charge in [-0.25, -0.2) is 4.98 Å². The second-order valence-electron chi connectivity index (χ2n) is 7.05. The normalized spacial score (nSPS) is 16.4. The lowest BCUT2D eigenvalue weighted by molar-refractivity contribution is -0.136. The summed E-state index contributed by atoms with van der Waals surface area (Å²) in [5.41, 5.74) is 2.84. The fourth-order valence-corrected chi connectivity index (χ4v) is 4.26. The highest BCUT2D eigenvalue weighted by molar-refractivity contribution is 7.18. The lowest BCUT2D eigenvalue weighted by Gasteiger charge is -2.16. The quantitative estimate of drug-likeness (QED) is 0.674. The van der Waals surface area contributed by atoms with Crippen molar-refractivity contribution in [1.82, 2.24) is 4.98 Å². The summed E-state index contributed by atoms with van der Waals surface area (Å²) in [6, 6.07) is 12.4. The fourth-order valence-electron chi connectivity index (χ4n) is 3.46. The predicted octanol–water partition coefficient (Wildman–Crippen LogP) is 3.22. The van der Waals surface area contributed by atoms with Crippen molar-refractivity contribution in [3.8, 4) is 0 Å². The van der Waals surface area contributed by atoms with Crippen molar-refractivity contribution in [1.29, 1.82) is 0 Å². The van der Waals surface area contributed by atoms with E-state index in [9.17, 15) is 14.4 Å². The molecular weight excluding hydrogens is 390 g/mol. The summed E-state index contributed by atoms with van der Waals surface area (Å²) >= 11 is 1.60. The first-order chi connectivity index (χ1) is 13.9. The van der Waals surface area contributed by atoms with E-state index in [1.165, 1.54) is 0 Å². The Labute approximate surface area is 171 Å². The van der Waals surface area contributed by atoms with Crippen molar-refractivity contribution < 1.29 is 19.5 Å². The summed E-state index contributed by atoms with van der Waals surface area (Å²) in [5.74, 6) is -1.67. The molecule has 148 valence electrons. The Morgan fingerprint density at radius 2 is 2.00 bits per heavy atom. The van der Waals surface area contributed by atoms with E-state index >= 15 is 0 Å². The van der Waals surface area contributed by atoms with E-state index in [1.54, 1.807) is 40.5 Å². The van der Waals surface area contributed by atoms with E-state index in [1.807, 2.05) is 25.1 Å². The number of nitrogens with zero attached hydrogens (tertiary/aromatic N) is 2. The number of amides is 2. The SMILES string of the molecule is Cc1nc2cc(N3CC(C(=O)Nc4ccc(CC(=O)O)cc4)CC3=O)ccc2s1. The predicted molar refractivity (Wildman–Crippen MR) is 111 cm³/mol. The number of aromatic nitrogens is 1. The van der Waals surface area contributed by atoms with Crippen LogP contribution in [-0.4, -0.2) is 34.4 Å². The second-order valence-corrected chi connectivity index (χ2v) is 8.28. The summed E-state index contributed by atoms with van der Waals surface area (Å²) in [7, 11) is 0. The minimum absolute atomic E-state index is 0.0663. The average Bonchev–Trinajstić information content (AvgIpc) is 3.24. The van der Waals surface area contributed by atoms with Gasteiger partial charge in [0, 0.05) is 24.3 Å². The molecule has 1 unspecified atom stereocenters.